The first kappa shape index (κ1) is 20.6. The lowest BCUT2D eigenvalue weighted by molar-refractivity contribution is 0.0460. The molecule has 0 saturated carbocycles. The van der Waals surface area contributed by atoms with E-state index in [1.165, 1.54) is 19.1 Å². The maximum absolute atomic E-state index is 8.67. The lowest BCUT2D eigenvalue weighted by atomic mass is 10.1. The van der Waals surface area contributed by atoms with Gasteiger partial charge >= 0.3 is 0 Å². The first-order chi connectivity index (χ1) is 13.0. The summed E-state index contributed by atoms with van der Waals surface area (Å²) in [5, 5.41) is 8.72. The molecule has 0 atom stereocenters. The highest BCUT2D eigenvalue weighted by Gasteiger charge is 2.21. The number of amidine groups is 1. The van der Waals surface area contributed by atoms with E-state index >= 15 is 0 Å². The lowest BCUT2D eigenvalue weighted by Gasteiger charge is -2.25. The van der Waals surface area contributed by atoms with Gasteiger partial charge in [0.25, 0.3) is 0 Å². The number of methoxy groups -OCH3 is 2. The highest BCUT2D eigenvalue weighted by Crippen LogP contribution is 2.28. The summed E-state index contributed by atoms with van der Waals surface area (Å²) < 4.78 is 21.0. The van der Waals surface area contributed by atoms with E-state index in [9.17, 15) is 0 Å². The maximum Gasteiger partial charge on any atom is 0.188 e. The molecule has 0 fully saturated rings. The third-order valence-electron chi connectivity index (χ3n) is 3.62. The average molecular weight is 389 g/mol. The van der Waals surface area contributed by atoms with Crippen LogP contribution < -0.4 is 20.1 Å². The predicted octanol–water partition coefficient (Wildman–Crippen LogP) is 3.04. The van der Waals surface area contributed by atoms with Crippen molar-refractivity contribution in [1.82, 2.24) is 0 Å². The molecule has 0 aliphatic carbocycles. The van der Waals surface area contributed by atoms with Crippen molar-refractivity contribution in [3.8, 4) is 11.5 Å². The second-order valence-electron chi connectivity index (χ2n) is 5.62. The van der Waals surface area contributed by atoms with Crippen molar-refractivity contribution in [3.05, 3.63) is 53.6 Å². The molecule has 27 heavy (non-hydrogen) atoms. The van der Waals surface area contributed by atoms with Crippen molar-refractivity contribution >= 4 is 28.9 Å². The summed E-state index contributed by atoms with van der Waals surface area (Å²) in [6.45, 7) is 2.10. The molecule has 2 rings (SSSR count). The van der Waals surface area contributed by atoms with Gasteiger partial charge in [0.15, 0.2) is 18.7 Å². The van der Waals surface area contributed by atoms with Gasteiger partial charge in [-0.05, 0) is 43.4 Å². The van der Waals surface area contributed by atoms with E-state index in [2.05, 4.69) is 0 Å². The van der Waals surface area contributed by atoms with Crippen molar-refractivity contribution in [2.75, 3.05) is 32.7 Å². The van der Waals surface area contributed by atoms with Crippen LogP contribution in [-0.4, -0.2) is 38.8 Å². The topological polar surface area (TPSA) is 90.0 Å². The van der Waals surface area contributed by atoms with Crippen molar-refractivity contribution in [2.24, 2.45) is 5.73 Å². The Bertz CT molecular complexity index is 796. The first-order valence-electron chi connectivity index (χ1n) is 8.10. The zero-order valence-electron chi connectivity index (χ0n) is 15.5. The van der Waals surface area contributed by atoms with Crippen LogP contribution in [0.1, 0.15) is 11.1 Å². The van der Waals surface area contributed by atoms with Gasteiger partial charge in [-0.25, -0.2) is 0 Å². The van der Waals surface area contributed by atoms with Crippen LogP contribution in [0.2, 0.25) is 0 Å². The number of aryl methyl sites for hydroxylation is 1. The molecule has 3 N–H and O–H groups in total. The minimum Gasteiger partial charge on any atom is -0.467 e. The highest BCUT2D eigenvalue weighted by atomic mass is 32.1. The largest absolute Gasteiger partial charge is 0.467 e. The van der Waals surface area contributed by atoms with Crippen LogP contribution in [0.5, 0.6) is 11.5 Å². The van der Waals surface area contributed by atoms with Gasteiger partial charge in [0.05, 0.1) is 5.56 Å². The second-order valence-corrected chi connectivity index (χ2v) is 6.04. The Morgan fingerprint density at radius 2 is 1.67 bits per heavy atom. The Morgan fingerprint density at radius 3 is 2.26 bits per heavy atom. The molecule has 0 aromatic heterocycles. The standard InChI is InChI=1S/C19H23N3O4S/c1-13-4-6-14(7-5-13)22(19(21)27)18(20)16-9-8-15(25-11-23-2)10-17(16)26-12-24-3/h4-10,20H,11-12H2,1-3H3,(H2,21,27). The van der Waals surface area contributed by atoms with Gasteiger partial charge in [-0.3, -0.25) is 10.3 Å². The van der Waals surface area contributed by atoms with E-state index < -0.39 is 0 Å². The Kier molecular flexibility index (Phi) is 7.54. The van der Waals surface area contributed by atoms with Crippen LogP contribution in [0.15, 0.2) is 42.5 Å². The lowest BCUT2D eigenvalue weighted by Crippen LogP contribution is -2.40. The van der Waals surface area contributed by atoms with Crippen LogP contribution in [-0.2, 0) is 9.47 Å². The Balaban J connectivity index is 2.40. The van der Waals surface area contributed by atoms with E-state index in [0.29, 0.717) is 22.7 Å². The van der Waals surface area contributed by atoms with Gasteiger partial charge in [-0.15, -0.1) is 0 Å². The summed E-state index contributed by atoms with van der Waals surface area (Å²) in [6, 6.07) is 12.7. The predicted molar refractivity (Wildman–Crippen MR) is 109 cm³/mol. The van der Waals surface area contributed by atoms with Gasteiger partial charge in [-0.2, -0.15) is 0 Å². The Morgan fingerprint density at radius 1 is 1.04 bits per heavy atom. The number of thiocarbonyl (C=S) groups is 1. The van der Waals surface area contributed by atoms with Gasteiger partial charge in [0.2, 0.25) is 0 Å². The van der Waals surface area contributed by atoms with Gasteiger partial charge < -0.3 is 24.7 Å². The summed E-state index contributed by atoms with van der Waals surface area (Å²) in [5.41, 5.74) is 8.18. The molecule has 0 bridgehead atoms. The van der Waals surface area contributed by atoms with Gasteiger partial charge in [-0.1, -0.05) is 17.7 Å². The molecular formula is C19H23N3O4S. The van der Waals surface area contributed by atoms with Crippen molar-refractivity contribution in [2.45, 2.75) is 6.92 Å². The Hall–Kier alpha value is -2.68. The van der Waals surface area contributed by atoms with E-state index in [0.717, 1.165) is 5.56 Å². The zero-order chi connectivity index (χ0) is 19.8. The fraction of sp³-hybridized carbons (Fsp3) is 0.263. The highest BCUT2D eigenvalue weighted by molar-refractivity contribution is 7.80. The number of rotatable bonds is 8. The molecule has 0 amide bonds. The zero-order valence-corrected chi connectivity index (χ0v) is 16.3. The number of hydrogen-bond donors (Lipinski definition) is 2. The van der Waals surface area contributed by atoms with Crippen LogP contribution in [0.4, 0.5) is 5.69 Å². The number of benzene rings is 2. The summed E-state index contributed by atoms with van der Waals surface area (Å²) in [5.74, 6) is 1.02. The summed E-state index contributed by atoms with van der Waals surface area (Å²) in [6.07, 6.45) is 0. The smallest absolute Gasteiger partial charge is 0.188 e. The monoisotopic (exact) mass is 389 g/mol. The molecule has 0 aliphatic rings. The fourth-order valence-corrected chi connectivity index (χ4v) is 2.53. The molecule has 144 valence electrons. The maximum atomic E-state index is 8.67. The van der Waals surface area contributed by atoms with E-state index in [4.69, 9.17) is 42.3 Å². The SMILES string of the molecule is COCOc1ccc(C(=N)N(C(N)=S)c2ccc(C)cc2)c(OCOC)c1. The van der Waals surface area contributed by atoms with E-state index in [1.54, 1.807) is 18.2 Å². The number of hydrogen-bond acceptors (Lipinski definition) is 6. The molecule has 0 spiro atoms. The summed E-state index contributed by atoms with van der Waals surface area (Å²) >= 11 is 5.18. The summed E-state index contributed by atoms with van der Waals surface area (Å²) in [7, 11) is 3.05. The van der Waals surface area contributed by atoms with Gasteiger partial charge in [0.1, 0.15) is 17.3 Å². The first-order valence-corrected chi connectivity index (χ1v) is 8.51. The number of nitrogens with two attached hydrogens (primary N) is 1. The molecule has 0 saturated heterocycles. The van der Waals surface area contributed by atoms with Crippen molar-refractivity contribution in [1.29, 1.82) is 5.41 Å². The molecule has 0 unspecified atom stereocenters. The van der Waals surface area contributed by atoms with E-state index in [-0.39, 0.29) is 24.5 Å². The average Bonchev–Trinajstić information content (AvgIpc) is 2.66. The molecule has 0 aliphatic heterocycles. The second kappa shape index (κ2) is 9.86. The molecule has 2 aromatic rings. The van der Waals surface area contributed by atoms with Crippen LogP contribution in [0, 0.1) is 12.3 Å². The number of ether oxygens (including phenoxy) is 4. The third-order valence-corrected chi connectivity index (χ3v) is 3.80. The fourth-order valence-electron chi connectivity index (χ4n) is 2.34. The van der Waals surface area contributed by atoms with Crippen LogP contribution in [0.3, 0.4) is 0 Å². The van der Waals surface area contributed by atoms with Crippen LogP contribution in [0.25, 0.3) is 0 Å². The normalized spacial score (nSPS) is 10.3. The van der Waals surface area contributed by atoms with Gasteiger partial charge in [0, 0.05) is 26.0 Å². The molecule has 0 radical (unpaired) electrons. The van der Waals surface area contributed by atoms with Crippen molar-refractivity contribution in [3.63, 3.8) is 0 Å². The van der Waals surface area contributed by atoms with E-state index in [1.807, 2.05) is 31.2 Å². The molecule has 8 heteroatoms. The molecule has 0 heterocycles. The molecule has 7 nitrogen and oxygen atoms in total. The number of nitrogens with zero attached hydrogens (tertiary/aromatic N) is 1. The Labute approximate surface area is 164 Å². The number of anilines is 1. The minimum absolute atomic E-state index is 0.0195. The third kappa shape index (κ3) is 5.40. The minimum atomic E-state index is 0.0195. The van der Waals surface area contributed by atoms with Crippen molar-refractivity contribution < 1.29 is 18.9 Å². The quantitative estimate of drug-likeness (QED) is 0.310. The summed E-state index contributed by atoms with van der Waals surface area (Å²) in [4.78, 5) is 1.47. The number of nitrogens with one attached hydrogen (secondary N) is 1. The molecule has 2 aromatic carbocycles. The molecular weight excluding hydrogens is 366 g/mol. The van der Waals surface area contributed by atoms with Crippen LogP contribution >= 0.6 is 12.2 Å².